The van der Waals surface area contributed by atoms with Crippen LogP contribution in [0.2, 0.25) is 0 Å². The number of aliphatic hydroxyl groups excluding tert-OH is 1. The molecule has 1 aromatic carbocycles. The molecule has 0 aliphatic rings. The minimum absolute atomic E-state index is 0.194. The lowest BCUT2D eigenvalue weighted by Gasteiger charge is -2.33. The van der Waals surface area contributed by atoms with Crippen LogP contribution in [-0.4, -0.2) is 11.7 Å². The van der Waals surface area contributed by atoms with E-state index < -0.39 is 0 Å². The fourth-order valence-electron chi connectivity index (χ4n) is 2.80. The van der Waals surface area contributed by atoms with E-state index in [-0.39, 0.29) is 17.9 Å². The van der Waals surface area contributed by atoms with E-state index in [9.17, 15) is 5.11 Å². The molecule has 1 nitrogen and oxygen atoms in total. The van der Waals surface area contributed by atoms with Crippen LogP contribution in [0.4, 0.5) is 0 Å². The summed E-state index contributed by atoms with van der Waals surface area (Å²) in [5, 5.41) is 9.17. The summed E-state index contributed by atoms with van der Waals surface area (Å²) in [4.78, 5) is 0. The van der Waals surface area contributed by atoms with Gasteiger partial charge in [-0.05, 0) is 28.4 Å². The monoisotopic (exact) mass is 248 g/mol. The third-order valence-corrected chi connectivity index (χ3v) is 3.51. The number of hydrogen-bond acceptors (Lipinski definition) is 1. The highest BCUT2D eigenvalue weighted by Gasteiger charge is 2.27. The molecule has 0 amide bonds. The van der Waals surface area contributed by atoms with Crippen molar-refractivity contribution in [2.24, 2.45) is 5.41 Å². The minimum Gasteiger partial charge on any atom is -0.396 e. The Balaban J connectivity index is 2.90. The molecule has 0 aromatic heterocycles. The van der Waals surface area contributed by atoms with Crippen molar-refractivity contribution in [3.63, 3.8) is 0 Å². The number of aliphatic hydroxyl groups is 1. The van der Waals surface area contributed by atoms with Crippen molar-refractivity contribution in [3.05, 3.63) is 35.4 Å². The van der Waals surface area contributed by atoms with E-state index in [0.717, 1.165) is 6.42 Å². The first-order valence-corrected chi connectivity index (χ1v) is 6.87. The molecule has 0 saturated heterocycles. The second-order valence-corrected chi connectivity index (χ2v) is 7.33. The van der Waals surface area contributed by atoms with Crippen molar-refractivity contribution in [1.82, 2.24) is 0 Å². The van der Waals surface area contributed by atoms with E-state index in [4.69, 9.17) is 0 Å². The largest absolute Gasteiger partial charge is 0.396 e. The topological polar surface area (TPSA) is 20.2 Å². The maximum atomic E-state index is 9.17. The summed E-state index contributed by atoms with van der Waals surface area (Å²) in [6, 6.07) is 8.74. The van der Waals surface area contributed by atoms with Crippen molar-refractivity contribution in [1.29, 1.82) is 0 Å². The number of benzene rings is 1. The molecule has 1 N–H and O–H groups in total. The van der Waals surface area contributed by atoms with Crippen LogP contribution in [0, 0.1) is 5.41 Å². The Morgan fingerprint density at radius 3 is 1.89 bits per heavy atom. The Kier molecular flexibility index (Phi) is 4.61. The highest BCUT2D eigenvalue weighted by Crippen LogP contribution is 2.36. The standard InChI is InChI=1S/C17H28O/c1-13(11-18)14-7-9-15(10-8-14)17(5,6)12-16(2,3)4/h7-10,13,18H,11-12H2,1-6H3. The molecule has 0 aliphatic heterocycles. The quantitative estimate of drug-likeness (QED) is 0.832. The van der Waals surface area contributed by atoms with Gasteiger partial charge in [-0.3, -0.25) is 0 Å². The SMILES string of the molecule is CC(CO)c1ccc(C(C)(C)CC(C)(C)C)cc1. The average Bonchev–Trinajstić information content (AvgIpc) is 2.25. The van der Waals surface area contributed by atoms with Crippen LogP contribution in [-0.2, 0) is 5.41 Å². The molecule has 0 bridgehead atoms. The van der Waals surface area contributed by atoms with Gasteiger partial charge in [0.15, 0.2) is 0 Å². The molecule has 1 rings (SSSR count). The molecule has 0 fully saturated rings. The van der Waals surface area contributed by atoms with Crippen molar-refractivity contribution in [2.45, 2.75) is 59.3 Å². The molecular weight excluding hydrogens is 220 g/mol. The second-order valence-electron chi connectivity index (χ2n) is 7.33. The summed E-state index contributed by atoms with van der Waals surface area (Å²) in [5.41, 5.74) is 3.12. The first-order chi connectivity index (χ1) is 8.15. The molecular formula is C17H28O. The van der Waals surface area contributed by atoms with E-state index in [2.05, 4.69) is 65.8 Å². The van der Waals surface area contributed by atoms with Gasteiger partial charge < -0.3 is 5.11 Å². The summed E-state index contributed by atoms with van der Waals surface area (Å²) in [6.07, 6.45) is 1.16. The van der Waals surface area contributed by atoms with Crippen LogP contribution in [0.3, 0.4) is 0 Å². The van der Waals surface area contributed by atoms with Crippen molar-refractivity contribution in [3.8, 4) is 0 Å². The Bertz CT molecular complexity index is 368. The molecule has 0 saturated carbocycles. The van der Waals surface area contributed by atoms with E-state index in [1.807, 2.05) is 0 Å². The summed E-state index contributed by atoms with van der Waals surface area (Å²) in [7, 11) is 0. The number of hydrogen-bond donors (Lipinski definition) is 1. The Hall–Kier alpha value is -0.820. The molecule has 1 aromatic rings. The zero-order chi connectivity index (χ0) is 14.0. The van der Waals surface area contributed by atoms with Crippen molar-refractivity contribution >= 4 is 0 Å². The van der Waals surface area contributed by atoms with Crippen LogP contribution in [0.1, 0.15) is 65.0 Å². The van der Waals surface area contributed by atoms with Gasteiger partial charge in [-0.2, -0.15) is 0 Å². The zero-order valence-electron chi connectivity index (χ0n) is 12.7. The lowest BCUT2D eigenvalue weighted by molar-refractivity contribution is 0.273. The first-order valence-electron chi connectivity index (χ1n) is 6.87. The first kappa shape index (κ1) is 15.2. The molecule has 1 unspecified atom stereocenters. The molecule has 0 heterocycles. The van der Waals surface area contributed by atoms with Gasteiger partial charge in [-0.25, -0.2) is 0 Å². The van der Waals surface area contributed by atoms with Gasteiger partial charge in [0.05, 0.1) is 0 Å². The summed E-state index contributed by atoms with van der Waals surface area (Å²) >= 11 is 0. The Labute approximate surface area is 112 Å². The van der Waals surface area contributed by atoms with Crippen LogP contribution >= 0.6 is 0 Å². The normalized spacial score (nSPS) is 14.6. The smallest absolute Gasteiger partial charge is 0.0497 e. The maximum Gasteiger partial charge on any atom is 0.0497 e. The highest BCUT2D eigenvalue weighted by molar-refractivity contribution is 5.30. The van der Waals surface area contributed by atoms with E-state index in [1.54, 1.807) is 0 Å². The van der Waals surface area contributed by atoms with Gasteiger partial charge in [-0.15, -0.1) is 0 Å². The molecule has 0 spiro atoms. The average molecular weight is 248 g/mol. The summed E-state index contributed by atoms with van der Waals surface area (Å²) < 4.78 is 0. The van der Waals surface area contributed by atoms with Gasteiger partial charge in [0, 0.05) is 12.5 Å². The lowest BCUT2D eigenvalue weighted by Crippen LogP contribution is -2.24. The summed E-state index contributed by atoms with van der Waals surface area (Å²) in [6.45, 7) is 13.7. The fraction of sp³-hybridized carbons (Fsp3) is 0.647. The predicted octanol–water partition coefficient (Wildman–Crippen LogP) is 4.50. The highest BCUT2D eigenvalue weighted by atomic mass is 16.3. The van der Waals surface area contributed by atoms with Gasteiger partial charge in [-0.1, -0.05) is 65.8 Å². The molecule has 18 heavy (non-hydrogen) atoms. The van der Waals surface area contributed by atoms with E-state index in [1.165, 1.54) is 11.1 Å². The maximum absolute atomic E-state index is 9.17. The van der Waals surface area contributed by atoms with Gasteiger partial charge in [0.2, 0.25) is 0 Å². The fourth-order valence-corrected chi connectivity index (χ4v) is 2.80. The van der Waals surface area contributed by atoms with E-state index in [0.29, 0.717) is 5.41 Å². The van der Waals surface area contributed by atoms with Crippen LogP contribution < -0.4 is 0 Å². The lowest BCUT2D eigenvalue weighted by atomic mass is 9.72. The minimum atomic E-state index is 0.194. The second kappa shape index (κ2) is 5.44. The Morgan fingerprint density at radius 1 is 1.00 bits per heavy atom. The van der Waals surface area contributed by atoms with E-state index >= 15 is 0 Å². The Morgan fingerprint density at radius 2 is 1.50 bits per heavy atom. The van der Waals surface area contributed by atoms with Gasteiger partial charge in [0.1, 0.15) is 0 Å². The molecule has 102 valence electrons. The zero-order valence-corrected chi connectivity index (χ0v) is 12.7. The van der Waals surface area contributed by atoms with Crippen molar-refractivity contribution < 1.29 is 5.11 Å². The molecule has 0 aliphatic carbocycles. The third-order valence-electron chi connectivity index (χ3n) is 3.51. The van der Waals surface area contributed by atoms with Gasteiger partial charge >= 0.3 is 0 Å². The summed E-state index contributed by atoms with van der Waals surface area (Å²) in [5.74, 6) is 0.227. The molecule has 1 atom stereocenters. The van der Waals surface area contributed by atoms with Crippen LogP contribution in [0.25, 0.3) is 0 Å². The van der Waals surface area contributed by atoms with Crippen LogP contribution in [0.5, 0.6) is 0 Å². The van der Waals surface area contributed by atoms with Crippen molar-refractivity contribution in [2.75, 3.05) is 6.61 Å². The van der Waals surface area contributed by atoms with Gasteiger partial charge in [0.25, 0.3) is 0 Å². The molecule has 0 radical (unpaired) electrons. The number of rotatable bonds is 4. The van der Waals surface area contributed by atoms with Crippen LogP contribution in [0.15, 0.2) is 24.3 Å². The third kappa shape index (κ3) is 4.13. The predicted molar refractivity (Wildman–Crippen MR) is 79.0 cm³/mol. The molecule has 1 heteroatoms.